The van der Waals surface area contributed by atoms with Crippen molar-refractivity contribution in [2.45, 2.75) is 58.2 Å². The predicted molar refractivity (Wildman–Crippen MR) is 84.2 cm³/mol. The fraction of sp³-hybridized carbons (Fsp3) is 0.625. The Hall–Kier alpha value is -1.00. The first kappa shape index (κ1) is 17.0. The van der Waals surface area contributed by atoms with Crippen LogP contribution >= 0.6 is 0 Å². The van der Waals surface area contributed by atoms with E-state index in [1.165, 1.54) is 0 Å². The lowest BCUT2D eigenvalue weighted by atomic mass is 10.1. The van der Waals surface area contributed by atoms with Gasteiger partial charge in [0.15, 0.2) is 19.9 Å². The number of Topliss-reactive ketones (excluding diaryl/α,β-unsaturated/α-hetero) is 2. The van der Waals surface area contributed by atoms with Gasteiger partial charge in [-0.15, -0.1) is 0 Å². The van der Waals surface area contributed by atoms with E-state index in [2.05, 4.69) is 25.7 Å². The van der Waals surface area contributed by atoms with Crippen molar-refractivity contribution < 1.29 is 14.0 Å². The minimum absolute atomic E-state index is 0.189. The third kappa shape index (κ3) is 7.55. The lowest BCUT2D eigenvalue weighted by molar-refractivity contribution is -0.121. The Morgan fingerprint density at radius 3 is 2.70 bits per heavy atom. The van der Waals surface area contributed by atoms with Crippen molar-refractivity contribution >= 4 is 19.9 Å². The molecule has 0 fully saturated rings. The van der Waals surface area contributed by atoms with Crippen molar-refractivity contribution in [1.29, 1.82) is 0 Å². The highest BCUT2D eigenvalue weighted by atomic mass is 28.4. The van der Waals surface area contributed by atoms with E-state index in [0.29, 0.717) is 12.8 Å². The van der Waals surface area contributed by atoms with Crippen LogP contribution in [-0.2, 0) is 14.0 Å². The molecule has 3 nitrogen and oxygen atoms in total. The van der Waals surface area contributed by atoms with Gasteiger partial charge in [-0.3, -0.25) is 9.59 Å². The molecule has 0 aromatic carbocycles. The Balaban J connectivity index is 2.06. The molecule has 4 heteroatoms. The largest absolute Gasteiger partial charge is 0.410 e. The van der Waals surface area contributed by atoms with E-state index in [4.69, 9.17) is 4.43 Å². The number of unbranched alkanes of at least 4 members (excludes halogenated alkanes) is 1. The minimum atomic E-state index is -1.57. The summed E-state index contributed by atoms with van der Waals surface area (Å²) < 4.78 is 5.57. The molecule has 0 heterocycles. The first-order chi connectivity index (χ1) is 9.38. The fourth-order valence-corrected chi connectivity index (χ4v) is 2.56. The van der Waals surface area contributed by atoms with Gasteiger partial charge in [-0.25, -0.2) is 0 Å². The van der Waals surface area contributed by atoms with Gasteiger partial charge in [-0.2, -0.15) is 0 Å². The SMILES string of the molecule is C[Si](C)(C)OCC(=O)CCCC=CCC1=CCCC1=O. The summed E-state index contributed by atoms with van der Waals surface area (Å²) in [6.07, 6.45) is 10.8. The molecule has 0 amide bonds. The molecule has 0 aromatic rings. The monoisotopic (exact) mass is 294 g/mol. The number of hydrogen-bond donors (Lipinski definition) is 0. The third-order valence-electron chi connectivity index (χ3n) is 3.12. The van der Waals surface area contributed by atoms with Gasteiger partial charge >= 0.3 is 0 Å². The van der Waals surface area contributed by atoms with Crippen LogP contribution in [0, 0.1) is 0 Å². The van der Waals surface area contributed by atoms with Gasteiger partial charge < -0.3 is 4.43 Å². The quantitative estimate of drug-likeness (QED) is 0.369. The van der Waals surface area contributed by atoms with Crippen LogP contribution in [0.4, 0.5) is 0 Å². The lowest BCUT2D eigenvalue weighted by Crippen LogP contribution is -2.28. The van der Waals surface area contributed by atoms with E-state index in [0.717, 1.165) is 31.3 Å². The Kier molecular flexibility index (Phi) is 7.09. The zero-order valence-corrected chi connectivity index (χ0v) is 13.9. The summed E-state index contributed by atoms with van der Waals surface area (Å²) in [5, 5.41) is 0. The first-order valence-electron chi connectivity index (χ1n) is 7.41. The molecule has 0 atom stereocenters. The summed E-state index contributed by atoms with van der Waals surface area (Å²) in [7, 11) is -1.57. The number of ketones is 2. The average Bonchev–Trinajstić information content (AvgIpc) is 2.76. The summed E-state index contributed by atoms with van der Waals surface area (Å²) in [5.74, 6) is 0.475. The summed E-state index contributed by atoms with van der Waals surface area (Å²) in [6.45, 7) is 6.52. The highest BCUT2D eigenvalue weighted by molar-refractivity contribution is 6.69. The first-order valence-corrected chi connectivity index (χ1v) is 10.8. The van der Waals surface area contributed by atoms with Crippen molar-refractivity contribution in [3.8, 4) is 0 Å². The number of rotatable bonds is 9. The third-order valence-corrected chi connectivity index (χ3v) is 4.13. The van der Waals surface area contributed by atoms with Crippen LogP contribution < -0.4 is 0 Å². The molecule has 1 aliphatic carbocycles. The number of hydrogen-bond acceptors (Lipinski definition) is 3. The van der Waals surface area contributed by atoms with Crippen molar-refractivity contribution in [3.63, 3.8) is 0 Å². The predicted octanol–water partition coefficient (Wildman–Crippen LogP) is 3.81. The van der Waals surface area contributed by atoms with E-state index in [1.54, 1.807) is 0 Å². The van der Waals surface area contributed by atoms with Gasteiger partial charge in [0.1, 0.15) is 0 Å². The second-order valence-corrected chi connectivity index (χ2v) is 10.7. The topological polar surface area (TPSA) is 43.4 Å². The van der Waals surface area contributed by atoms with Gasteiger partial charge in [-0.1, -0.05) is 18.2 Å². The second-order valence-electron chi connectivity index (χ2n) is 6.20. The molecule has 0 saturated heterocycles. The number of carbonyl (C=O) groups excluding carboxylic acids is 2. The van der Waals surface area contributed by atoms with Gasteiger partial charge in [0, 0.05) is 12.8 Å². The average molecular weight is 294 g/mol. The maximum Gasteiger partial charge on any atom is 0.184 e. The lowest BCUT2D eigenvalue weighted by Gasteiger charge is -2.16. The summed E-state index contributed by atoms with van der Waals surface area (Å²) in [5.41, 5.74) is 0.945. The molecule has 0 saturated carbocycles. The Labute approximate surface area is 123 Å². The zero-order chi connectivity index (χ0) is 15.0. The zero-order valence-electron chi connectivity index (χ0n) is 12.9. The summed E-state index contributed by atoms with van der Waals surface area (Å²) >= 11 is 0. The molecule has 1 rings (SSSR count). The van der Waals surface area contributed by atoms with Crippen LogP contribution in [0.25, 0.3) is 0 Å². The van der Waals surface area contributed by atoms with E-state index in [-0.39, 0.29) is 18.2 Å². The Bertz CT molecular complexity index is 402. The van der Waals surface area contributed by atoms with Crippen LogP contribution in [0.15, 0.2) is 23.8 Å². The fourth-order valence-electron chi connectivity index (χ4n) is 1.96. The van der Waals surface area contributed by atoms with E-state index in [1.807, 2.05) is 12.2 Å². The number of allylic oxidation sites excluding steroid dienone is 4. The number of carbonyl (C=O) groups is 2. The molecule has 1 aliphatic rings. The maximum atomic E-state index is 11.6. The van der Waals surface area contributed by atoms with Crippen molar-refractivity contribution in [2.24, 2.45) is 0 Å². The van der Waals surface area contributed by atoms with Crippen LogP contribution in [-0.4, -0.2) is 26.5 Å². The van der Waals surface area contributed by atoms with Crippen LogP contribution in [0.5, 0.6) is 0 Å². The van der Waals surface area contributed by atoms with Crippen molar-refractivity contribution in [2.75, 3.05) is 6.61 Å². The maximum absolute atomic E-state index is 11.6. The van der Waals surface area contributed by atoms with E-state index >= 15 is 0 Å². The van der Waals surface area contributed by atoms with E-state index in [9.17, 15) is 9.59 Å². The Morgan fingerprint density at radius 2 is 2.10 bits per heavy atom. The molecule has 0 aliphatic heterocycles. The van der Waals surface area contributed by atoms with Crippen LogP contribution in [0.3, 0.4) is 0 Å². The second kappa shape index (κ2) is 8.32. The standard InChI is InChI=1S/C16H26O3Si/c1-20(2,3)19-13-15(17)11-7-5-4-6-9-14-10-8-12-16(14)18/h4,6,10H,5,7-9,11-13H2,1-3H3. The molecular weight excluding hydrogens is 268 g/mol. The normalized spacial score (nSPS) is 15.9. The van der Waals surface area contributed by atoms with E-state index < -0.39 is 8.32 Å². The molecule has 112 valence electrons. The molecule has 0 bridgehead atoms. The molecule has 0 N–H and O–H groups in total. The van der Waals surface area contributed by atoms with Gasteiger partial charge in [0.25, 0.3) is 0 Å². The molecular formula is C16H26O3Si. The Morgan fingerprint density at radius 1 is 1.35 bits per heavy atom. The smallest absolute Gasteiger partial charge is 0.184 e. The minimum Gasteiger partial charge on any atom is -0.410 e. The molecule has 0 spiro atoms. The summed E-state index contributed by atoms with van der Waals surface area (Å²) in [4.78, 5) is 23.0. The van der Waals surface area contributed by atoms with Gasteiger partial charge in [0.05, 0.1) is 6.61 Å². The molecule has 0 unspecified atom stereocenters. The summed E-state index contributed by atoms with van der Waals surface area (Å²) in [6, 6.07) is 0. The highest BCUT2D eigenvalue weighted by Crippen LogP contribution is 2.17. The van der Waals surface area contributed by atoms with Crippen molar-refractivity contribution in [1.82, 2.24) is 0 Å². The molecule has 0 radical (unpaired) electrons. The van der Waals surface area contributed by atoms with Crippen LogP contribution in [0.1, 0.15) is 38.5 Å². The van der Waals surface area contributed by atoms with Gasteiger partial charge in [-0.05, 0) is 50.9 Å². The van der Waals surface area contributed by atoms with Crippen LogP contribution in [0.2, 0.25) is 19.6 Å². The van der Waals surface area contributed by atoms with Gasteiger partial charge in [0.2, 0.25) is 0 Å². The molecule has 20 heavy (non-hydrogen) atoms. The molecule has 0 aromatic heterocycles. The highest BCUT2D eigenvalue weighted by Gasteiger charge is 2.15. The van der Waals surface area contributed by atoms with Crippen molar-refractivity contribution in [3.05, 3.63) is 23.8 Å².